The summed E-state index contributed by atoms with van der Waals surface area (Å²) in [6.45, 7) is 4.05. The van der Waals surface area contributed by atoms with E-state index in [1.165, 1.54) is 4.31 Å². The maximum Gasteiger partial charge on any atom is 0.242 e. The molecule has 2 aromatic carbocycles. The second-order valence-electron chi connectivity index (χ2n) is 7.87. The Kier molecular flexibility index (Phi) is 9.73. The number of anilines is 1. The number of hydrogen-bond acceptors (Lipinski definition) is 4. The molecule has 0 aliphatic carbocycles. The lowest BCUT2D eigenvalue weighted by Gasteiger charge is -2.31. The Labute approximate surface area is 201 Å². The lowest BCUT2D eigenvalue weighted by Crippen LogP contribution is -2.48. The van der Waals surface area contributed by atoms with E-state index >= 15 is 0 Å². The summed E-state index contributed by atoms with van der Waals surface area (Å²) in [5, 5.41) is 3.11. The fourth-order valence-corrected chi connectivity index (χ4v) is 4.90. The molecule has 0 saturated heterocycles. The average molecular weight is 494 g/mol. The van der Waals surface area contributed by atoms with Gasteiger partial charge in [-0.2, -0.15) is 0 Å². The molecule has 0 aliphatic heterocycles. The van der Waals surface area contributed by atoms with Gasteiger partial charge in [-0.25, -0.2) is 8.42 Å². The number of benzene rings is 2. The minimum atomic E-state index is -3.58. The van der Waals surface area contributed by atoms with Crippen molar-refractivity contribution in [1.29, 1.82) is 0 Å². The van der Waals surface area contributed by atoms with Crippen LogP contribution in [0.2, 0.25) is 5.02 Å². The van der Waals surface area contributed by atoms with Crippen LogP contribution in [-0.4, -0.2) is 51.0 Å². The summed E-state index contributed by atoms with van der Waals surface area (Å²) in [5.41, 5.74) is 2.07. The van der Waals surface area contributed by atoms with Gasteiger partial charge in [0.2, 0.25) is 21.8 Å². The quantitative estimate of drug-likeness (QED) is 0.516. The normalized spacial score (nSPS) is 12.2. The predicted octanol–water partition coefficient (Wildman–Crippen LogP) is 3.75. The highest BCUT2D eigenvalue weighted by atomic mass is 35.5. The van der Waals surface area contributed by atoms with Crippen molar-refractivity contribution in [2.75, 3.05) is 24.2 Å². The third-order valence-corrected chi connectivity index (χ3v) is 7.08. The molecule has 0 saturated carbocycles. The molecule has 0 radical (unpaired) electrons. The molecule has 2 amide bonds. The van der Waals surface area contributed by atoms with E-state index in [-0.39, 0.29) is 24.8 Å². The molecule has 2 rings (SSSR count). The van der Waals surface area contributed by atoms with Crippen LogP contribution in [0.5, 0.6) is 0 Å². The minimum Gasteiger partial charge on any atom is -0.357 e. The first-order chi connectivity index (χ1) is 15.6. The summed E-state index contributed by atoms with van der Waals surface area (Å²) in [5.74, 6) is -0.431. The fourth-order valence-electron chi connectivity index (χ4n) is 3.71. The zero-order chi connectivity index (χ0) is 24.6. The van der Waals surface area contributed by atoms with Crippen LogP contribution in [0.15, 0.2) is 48.5 Å². The predicted molar refractivity (Wildman–Crippen MR) is 133 cm³/mol. The first-order valence-corrected chi connectivity index (χ1v) is 13.1. The van der Waals surface area contributed by atoms with Gasteiger partial charge in [0, 0.05) is 31.6 Å². The molecule has 0 fully saturated rings. The zero-order valence-electron chi connectivity index (χ0n) is 19.5. The van der Waals surface area contributed by atoms with Gasteiger partial charge in [-0.3, -0.25) is 13.9 Å². The number of rotatable bonds is 11. The Morgan fingerprint density at radius 3 is 2.33 bits per heavy atom. The molecule has 1 atom stereocenters. The fraction of sp³-hybridized carbons (Fsp3) is 0.417. The van der Waals surface area contributed by atoms with E-state index in [1.54, 1.807) is 37.1 Å². The summed E-state index contributed by atoms with van der Waals surface area (Å²) < 4.78 is 26.2. The number of nitrogens with zero attached hydrogens (tertiary/aromatic N) is 2. The Balaban J connectivity index is 2.20. The van der Waals surface area contributed by atoms with E-state index in [1.807, 2.05) is 37.3 Å². The van der Waals surface area contributed by atoms with Crippen LogP contribution in [0, 0.1) is 6.92 Å². The standard InChI is InChI=1S/C24H32ClN3O4S/c1-5-21(24(30)26-3)27(17-19-11-7-6-8-12-19)23(29)15-10-16-28(33(4,31)32)22-14-9-13-20(25)18(22)2/h6-9,11-14,21H,5,10,15-17H2,1-4H3,(H,26,30)/t21-/m0/s1. The monoisotopic (exact) mass is 493 g/mol. The molecular formula is C24H32ClN3O4S. The molecule has 2 aromatic rings. The van der Waals surface area contributed by atoms with Crippen molar-refractivity contribution in [2.45, 2.75) is 45.7 Å². The minimum absolute atomic E-state index is 0.103. The van der Waals surface area contributed by atoms with Crippen molar-refractivity contribution in [1.82, 2.24) is 10.2 Å². The van der Waals surface area contributed by atoms with Crippen molar-refractivity contribution in [3.8, 4) is 0 Å². The topological polar surface area (TPSA) is 86.8 Å². The zero-order valence-corrected chi connectivity index (χ0v) is 21.1. The summed E-state index contributed by atoms with van der Waals surface area (Å²) in [6, 6.07) is 14.0. The van der Waals surface area contributed by atoms with Crippen LogP contribution in [0.3, 0.4) is 0 Å². The molecule has 180 valence electrons. The van der Waals surface area contributed by atoms with Gasteiger partial charge in [0.05, 0.1) is 11.9 Å². The van der Waals surface area contributed by atoms with Gasteiger partial charge in [-0.15, -0.1) is 0 Å². The molecule has 9 heteroatoms. The second kappa shape index (κ2) is 12.0. The molecule has 0 aromatic heterocycles. The molecule has 33 heavy (non-hydrogen) atoms. The molecule has 0 bridgehead atoms. The van der Waals surface area contributed by atoms with Crippen molar-refractivity contribution in [3.05, 3.63) is 64.7 Å². The molecule has 0 spiro atoms. The van der Waals surface area contributed by atoms with Gasteiger partial charge in [0.15, 0.2) is 0 Å². The van der Waals surface area contributed by atoms with E-state index in [9.17, 15) is 18.0 Å². The molecule has 0 heterocycles. The van der Waals surface area contributed by atoms with Crippen molar-refractivity contribution in [2.24, 2.45) is 0 Å². The Hall–Kier alpha value is -2.58. The average Bonchev–Trinajstić information content (AvgIpc) is 2.78. The van der Waals surface area contributed by atoms with Crippen LogP contribution in [0.4, 0.5) is 5.69 Å². The maximum atomic E-state index is 13.2. The molecule has 7 nitrogen and oxygen atoms in total. The summed E-state index contributed by atoms with van der Waals surface area (Å²) >= 11 is 6.19. The van der Waals surface area contributed by atoms with Crippen molar-refractivity contribution >= 4 is 39.1 Å². The van der Waals surface area contributed by atoms with E-state index in [0.717, 1.165) is 11.8 Å². The molecule has 0 unspecified atom stereocenters. The number of likely N-dealkylation sites (N-methyl/N-ethyl adjacent to an activating group) is 1. The molecule has 0 aliphatic rings. The van der Waals surface area contributed by atoms with Crippen LogP contribution in [0.1, 0.15) is 37.3 Å². The lowest BCUT2D eigenvalue weighted by atomic mass is 10.1. The second-order valence-corrected chi connectivity index (χ2v) is 10.2. The van der Waals surface area contributed by atoms with E-state index in [2.05, 4.69) is 5.32 Å². The van der Waals surface area contributed by atoms with Crippen LogP contribution >= 0.6 is 11.6 Å². The SMILES string of the molecule is CC[C@@H](C(=O)NC)N(Cc1ccccc1)C(=O)CCCN(c1cccc(Cl)c1C)S(C)(=O)=O. The van der Waals surface area contributed by atoms with Crippen LogP contribution < -0.4 is 9.62 Å². The summed E-state index contributed by atoms with van der Waals surface area (Å²) in [7, 11) is -2.03. The summed E-state index contributed by atoms with van der Waals surface area (Å²) in [4.78, 5) is 27.2. The van der Waals surface area contributed by atoms with Gasteiger partial charge in [-0.1, -0.05) is 54.9 Å². The van der Waals surface area contributed by atoms with Gasteiger partial charge in [0.1, 0.15) is 6.04 Å². The highest BCUT2D eigenvalue weighted by molar-refractivity contribution is 7.92. The van der Waals surface area contributed by atoms with E-state index in [0.29, 0.717) is 35.7 Å². The first kappa shape index (κ1) is 26.7. The Morgan fingerprint density at radius 2 is 1.76 bits per heavy atom. The number of carbonyl (C=O) groups excluding carboxylic acids is 2. The van der Waals surface area contributed by atoms with Crippen molar-refractivity contribution in [3.63, 3.8) is 0 Å². The van der Waals surface area contributed by atoms with Gasteiger partial charge < -0.3 is 10.2 Å². The Morgan fingerprint density at radius 1 is 1.09 bits per heavy atom. The number of nitrogens with one attached hydrogen (secondary N) is 1. The number of carbonyl (C=O) groups is 2. The highest BCUT2D eigenvalue weighted by Gasteiger charge is 2.28. The van der Waals surface area contributed by atoms with Gasteiger partial charge in [-0.05, 0) is 43.0 Å². The molecular weight excluding hydrogens is 462 g/mol. The molecule has 1 N–H and O–H groups in total. The number of sulfonamides is 1. The first-order valence-electron chi connectivity index (χ1n) is 10.9. The number of halogens is 1. The van der Waals surface area contributed by atoms with Crippen molar-refractivity contribution < 1.29 is 18.0 Å². The largest absolute Gasteiger partial charge is 0.357 e. The Bertz CT molecular complexity index is 1060. The van der Waals surface area contributed by atoms with Crippen LogP contribution in [0.25, 0.3) is 0 Å². The third kappa shape index (κ3) is 7.20. The third-order valence-electron chi connectivity index (χ3n) is 5.49. The number of hydrogen-bond donors (Lipinski definition) is 1. The van der Waals surface area contributed by atoms with Gasteiger partial charge >= 0.3 is 0 Å². The lowest BCUT2D eigenvalue weighted by molar-refractivity contribution is -0.141. The smallest absolute Gasteiger partial charge is 0.242 e. The maximum absolute atomic E-state index is 13.2. The van der Waals surface area contributed by atoms with Gasteiger partial charge in [0.25, 0.3) is 0 Å². The van der Waals surface area contributed by atoms with Crippen LogP contribution in [-0.2, 0) is 26.2 Å². The number of amides is 2. The van der Waals surface area contributed by atoms with E-state index < -0.39 is 16.1 Å². The summed E-state index contributed by atoms with van der Waals surface area (Å²) in [6.07, 6.45) is 2.00. The highest BCUT2D eigenvalue weighted by Crippen LogP contribution is 2.28. The van der Waals surface area contributed by atoms with E-state index in [4.69, 9.17) is 11.6 Å².